The summed E-state index contributed by atoms with van der Waals surface area (Å²) in [4.78, 5) is 0. The topological polar surface area (TPSA) is 17.1 Å². The second-order valence-electron chi connectivity index (χ2n) is 0. The van der Waals surface area contributed by atoms with E-state index in [-0.39, 0.29) is 48.0 Å². The normalized spacial score (nSPS) is 1.00. The molecule has 29 valence electrons. The molecule has 0 bridgehead atoms. The third-order valence-electron chi connectivity index (χ3n) is 0. The average Bonchev–Trinajstić information content (AvgIpc) is 1.00. The van der Waals surface area contributed by atoms with E-state index in [4.69, 9.17) is 3.83 Å². The molecule has 4 heavy (non-hydrogen) atoms. The van der Waals surface area contributed by atoms with Crippen molar-refractivity contribution in [3.63, 3.8) is 0 Å². The van der Waals surface area contributed by atoms with Crippen molar-refractivity contribution in [3.05, 3.63) is 0 Å². The van der Waals surface area contributed by atoms with E-state index in [0.29, 0.717) is 0 Å². The van der Waals surface area contributed by atoms with Gasteiger partial charge in [-0.25, -0.2) is 0 Å². The molecule has 0 aliphatic carbocycles. The Hall–Kier alpha value is 1.78. The molecule has 1 nitrogen and oxygen atoms in total. The maximum absolute atomic E-state index is 8.06. The zero-order valence-electron chi connectivity index (χ0n) is 1.60. The van der Waals surface area contributed by atoms with Crippen LogP contribution in [-0.4, -0.2) is 0 Å². The Morgan fingerprint density at radius 3 is 1.00 bits per heavy atom. The number of rotatable bonds is 0. The molecule has 0 aliphatic rings. The van der Waals surface area contributed by atoms with Gasteiger partial charge in [-0.1, -0.05) is 0 Å². The molecule has 0 fully saturated rings. The molecule has 0 saturated heterocycles. The Kier molecular flexibility index (Phi) is 92.1. The van der Waals surface area contributed by atoms with Crippen molar-refractivity contribution in [2.24, 2.45) is 0 Å². The minimum atomic E-state index is 0. The second kappa shape index (κ2) is 21.6. The molecule has 0 radical (unpaired) electrons. The SMILES string of the molecule is I.I.[O]=[Mn]. The van der Waals surface area contributed by atoms with Gasteiger partial charge in [0.15, 0.2) is 0 Å². The first-order chi connectivity index (χ1) is 1.00. The van der Waals surface area contributed by atoms with Gasteiger partial charge in [-0.2, -0.15) is 0 Å². The van der Waals surface area contributed by atoms with E-state index in [1.165, 1.54) is 0 Å². The van der Waals surface area contributed by atoms with Crippen molar-refractivity contribution in [2.75, 3.05) is 0 Å². The van der Waals surface area contributed by atoms with Crippen LogP contribution in [0.25, 0.3) is 0 Å². The van der Waals surface area contributed by atoms with Gasteiger partial charge in [0.2, 0.25) is 0 Å². The fraction of sp³-hybridized carbons (Fsp3) is 0. The fourth-order valence-electron chi connectivity index (χ4n) is 0. The Morgan fingerprint density at radius 1 is 1.00 bits per heavy atom. The molecule has 0 rings (SSSR count). The molecule has 0 aromatic carbocycles. The minimum absolute atomic E-state index is 0. The number of hydrogen-bond donors (Lipinski definition) is 0. The quantitative estimate of drug-likeness (QED) is 0.481. The zero-order valence-corrected chi connectivity index (χ0v) is 7.44. The van der Waals surface area contributed by atoms with Gasteiger partial charge in [0, 0.05) is 0 Å². The van der Waals surface area contributed by atoms with E-state index in [2.05, 4.69) is 0 Å². The Balaban J connectivity index is -0.00000000500. The standard InChI is InChI=1S/2HI.Mn.O/h2*1H;;. The monoisotopic (exact) mass is 327 g/mol. The third-order valence-corrected chi connectivity index (χ3v) is 0. The van der Waals surface area contributed by atoms with E-state index in [1.807, 2.05) is 0 Å². The summed E-state index contributed by atoms with van der Waals surface area (Å²) in [5.74, 6) is 0. The van der Waals surface area contributed by atoms with Gasteiger partial charge in [-0.3, -0.25) is 0 Å². The van der Waals surface area contributed by atoms with Crippen molar-refractivity contribution in [2.45, 2.75) is 0 Å². The molecule has 0 N–H and O–H groups in total. The first-order valence-electron chi connectivity index (χ1n) is 0.154. The van der Waals surface area contributed by atoms with Crippen LogP contribution in [0, 0.1) is 0 Å². The van der Waals surface area contributed by atoms with Crippen LogP contribution in [0.4, 0.5) is 0 Å². The van der Waals surface area contributed by atoms with Gasteiger partial charge in [0.1, 0.15) is 0 Å². The molecular formula is H2I2MnO. The first kappa shape index (κ1) is 17.1. The molecule has 0 aliphatic heterocycles. The van der Waals surface area contributed by atoms with Crippen LogP contribution in [0.5, 0.6) is 0 Å². The van der Waals surface area contributed by atoms with E-state index >= 15 is 0 Å². The number of halogens is 2. The summed E-state index contributed by atoms with van der Waals surface area (Å²) in [5, 5.41) is 0. The van der Waals surface area contributed by atoms with Crippen molar-refractivity contribution < 1.29 is 19.8 Å². The predicted molar refractivity (Wildman–Crippen MR) is 31.5 cm³/mol. The predicted octanol–water partition coefficient (Wildman–Crippen LogP) is 1.11. The van der Waals surface area contributed by atoms with E-state index in [9.17, 15) is 0 Å². The summed E-state index contributed by atoms with van der Waals surface area (Å²) < 4.78 is 8.06. The first-order valence-corrected chi connectivity index (χ1v) is 0.636. The molecule has 0 unspecified atom stereocenters. The zero-order chi connectivity index (χ0) is 2.00. The maximum atomic E-state index is 8.06. The van der Waals surface area contributed by atoms with Crippen LogP contribution in [0.2, 0.25) is 0 Å². The van der Waals surface area contributed by atoms with Crippen LogP contribution in [0.3, 0.4) is 0 Å². The van der Waals surface area contributed by atoms with Crippen LogP contribution < -0.4 is 0 Å². The molecule has 0 spiro atoms. The molecule has 4 heteroatoms. The van der Waals surface area contributed by atoms with Crippen LogP contribution in [-0.2, 0) is 19.8 Å². The van der Waals surface area contributed by atoms with Crippen molar-refractivity contribution >= 4 is 48.0 Å². The van der Waals surface area contributed by atoms with Gasteiger partial charge in [-0.15, -0.1) is 48.0 Å². The van der Waals surface area contributed by atoms with Crippen LogP contribution in [0.15, 0.2) is 0 Å². The van der Waals surface area contributed by atoms with Crippen molar-refractivity contribution in [1.82, 2.24) is 0 Å². The van der Waals surface area contributed by atoms with Gasteiger partial charge in [-0.05, 0) is 0 Å². The molecular weight excluding hydrogens is 325 g/mol. The molecule has 0 heterocycles. The Labute approximate surface area is 67.0 Å². The summed E-state index contributed by atoms with van der Waals surface area (Å²) in [7, 11) is 0. The van der Waals surface area contributed by atoms with Crippen LogP contribution >= 0.6 is 48.0 Å². The average molecular weight is 327 g/mol. The summed E-state index contributed by atoms with van der Waals surface area (Å²) in [6.45, 7) is 0. The third kappa shape index (κ3) is 9.22. The molecule has 0 aromatic heterocycles. The van der Waals surface area contributed by atoms with E-state index in [1.54, 1.807) is 15.9 Å². The molecule has 0 amide bonds. The van der Waals surface area contributed by atoms with Gasteiger partial charge < -0.3 is 0 Å². The van der Waals surface area contributed by atoms with Crippen molar-refractivity contribution in [1.29, 1.82) is 0 Å². The van der Waals surface area contributed by atoms with Gasteiger partial charge >= 0.3 is 19.8 Å². The van der Waals surface area contributed by atoms with Crippen molar-refractivity contribution in [3.8, 4) is 0 Å². The molecule has 0 atom stereocenters. The fourth-order valence-corrected chi connectivity index (χ4v) is 0. The van der Waals surface area contributed by atoms with Gasteiger partial charge in [0.25, 0.3) is 0 Å². The Bertz CT molecular complexity index is 6.00. The van der Waals surface area contributed by atoms with E-state index < -0.39 is 0 Å². The summed E-state index contributed by atoms with van der Waals surface area (Å²) in [5.41, 5.74) is 0. The number of hydrogen-bond acceptors (Lipinski definition) is 1. The van der Waals surface area contributed by atoms with Crippen LogP contribution in [0.1, 0.15) is 0 Å². The van der Waals surface area contributed by atoms with Gasteiger partial charge in [0.05, 0.1) is 0 Å². The summed E-state index contributed by atoms with van der Waals surface area (Å²) >= 11 is 1.69. The molecule has 0 aromatic rings. The Morgan fingerprint density at radius 2 is 1.00 bits per heavy atom. The second-order valence-corrected chi connectivity index (χ2v) is 0. The summed E-state index contributed by atoms with van der Waals surface area (Å²) in [6.07, 6.45) is 0. The van der Waals surface area contributed by atoms with E-state index in [0.717, 1.165) is 0 Å². The summed E-state index contributed by atoms with van der Waals surface area (Å²) in [6, 6.07) is 0. The molecule has 0 saturated carbocycles.